The summed E-state index contributed by atoms with van der Waals surface area (Å²) < 4.78 is 15.6. The molecule has 0 bridgehead atoms. The molecule has 0 amide bonds. The van der Waals surface area contributed by atoms with Gasteiger partial charge in [-0.05, 0) is 68.5 Å². The zero-order valence-corrected chi connectivity index (χ0v) is 17.3. The highest BCUT2D eigenvalue weighted by Gasteiger charge is 2.48. The van der Waals surface area contributed by atoms with Crippen LogP contribution in [0.2, 0.25) is 5.02 Å². The first-order valence-corrected chi connectivity index (χ1v) is 10.1. The number of nitrogens with zero attached hydrogens (tertiary/aromatic N) is 1. The molecule has 7 heteroatoms. The molecular formula is C23H21ClFNO4. The molecule has 2 N–H and O–H groups in total. The van der Waals surface area contributed by atoms with Crippen LogP contribution in [0.3, 0.4) is 0 Å². The van der Waals surface area contributed by atoms with Gasteiger partial charge in [0.1, 0.15) is 0 Å². The largest absolute Gasteiger partial charge is 0.505 e. The van der Waals surface area contributed by atoms with Crippen molar-refractivity contribution in [1.29, 1.82) is 0 Å². The Balaban J connectivity index is 2.04. The van der Waals surface area contributed by atoms with E-state index in [2.05, 4.69) is 0 Å². The number of carbonyl (C=O) groups excluding carboxylic acids is 1. The molecule has 0 unspecified atom stereocenters. The minimum atomic E-state index is -1.27. The van der Waals surface area contributed by atoms with Gasteiger partial charge in [0.15, 0.2) is 11.6 Å². The Morgan fingerprint density at radius 1 is 1.20 bits per heavy atom. The highest BCUT2D eigenvalue weighted by molar-refractivity contribution is 6.30. The Kier molecular flexibility index (Phi) is 4.85. The van der Waals surface area contributed by atoms with Crippen molar-refractivity contribution in [3.8, 4) is 5.75 Å². The summed E-state index contributed by atoms with van der Waals surface area (Å²) >= 11 is 5.92. The van der Waals surface area contributed by atoms with E-state index >= 15 is 0 Å². The lowest BCUT2D eigenvalue weighted by Crippen LogP contribution is -2.44. The third-order valence-corrected chi connectivity index (χ3v) is 6.70. The fourth-order valence-corrected chi connectivity index (χ4v) is 4.66. The second-order valence-electron chi connectivity index (χ2n) is 8.06. The Morgan fingerprint density at radius 3 is 2.37 bits per heavy atom. The van der Waals surface area contributed by atoms with Crippen molar-refractivity contribution >= 4 is 34.4 Å². The molecule has 1 heterocycles. The number of aromatic hydroxyl groups is 1. The molecule has 5 nitrogen and oxygen atoms in total. The second kappa shape index (κ2) is 7.13. The van der Waals surface area contributed by atoms with E-state index in [4.69, 9.17) is 11.6 Å². The van der Waals surface area contributed by atoms with Gasteiger partial charge in [0.25, 0.3) is 5.91 Å². The third-order valence-electron chi connectivity index (χ3n) is 6.45. The summed E-state index contributed by atoms with van der Waals surface area (Å²) in [6.45, 7) is 3.32. The van der Waals surface area contributed by atoms with E-state index in [0.29, 0.717) is 27.2 Å². The van der Waals surface area contributed by atoms with Crippen LogP contribution in [0.4, 0.5) is 4.39 Å². The number of hydrogen-bond donors (Lipinski definition) is 2. The molecule has 0 radical (unpaired) electrons. The third kappa shape index (κ3) is 2.89. The highest BCUT2D eigenvalue weighted by atomic mass is 35.5. The standard InChI is InChI=1S/C23H21ClFNO4/c1-12-20(23(2,22(29)30)14-4-3-5-14)16-10-19(27)17(25)11-18(16)26(12)21(28)13-6-8-15(24)9-7-13/h6-11,14,27H,3-5H2,1-2H3,(H,29,30)/t23-/m1/s1. The van der Waals surface area contributed by atoms with E-state index < -0.39 is 28.9 Å². The molecule has 4 rings (SSSR count). The molecule has 0 aliphatic heterocycles. The first kappa shape index (κ1) is 20.4. The Bertz CT molecular complexity index is 1180. The van der Waals surface area contributed by atoms with Gasteiger partial charge in [0.05, 0.1) is 10.9 Å². The van der Waals surface area contributed by atoms with Crippen LogP contribution >= 0.6 is 11.6 Å². The van der Waals surface area contributed by atoms with E-state index in [1.165, 1.54) is 10.6 Å². The topological polar surface area (TPSA) is 79.5 Å². The Morgan fingerprint density at radius 2 is 1.83 bits per heavy atom. The van der Waals surface area contributed by atoms with Crippen molar-refractivity contribution in [2.45, 2.75) is 38.5 Å². The molecule has 1 aliphatic carbocycles. The van der Waals surface area contributed by atoms with Crippen LogP contribution in [-0.2, 0) is 10.2 Å². The van der Waals surface area contributed by atoms with E-state index in [9.17, 15) is 24.2 Å². The van der Waals surface area contributed by atoms with Gasteiger partial charge in [-0.15, -0.1) is 0 Å². The molecule has 156 valence electrons. The number of phenols is 1. The summed E-state index contributed by atoms with van der Waals surface area (Å²) in [6.07, 6.45) is 2.45. The number of carboxylic acid groups (broad SMARTS) is 1. The van der Waals surface area contributed by atoms with Crippen molar-refractivity contribution in [1.82, 2.24) is 4.57 Å². The van der Waals surface area contributed by atoms with Gasteiger partial charge in [0.2, 0.25) is 0 Å². The molecular weight excluding hydrogens is 409 g/mol. The predicted molar refractivity (Wildman–Crippen MR) is 112 cm³/mol. The van der Waals surface area contributed by atoms with Gasteiger partial charge in [-0.3, -0.25) is 14.2 Å². The highest BCUT2D eigenvalue weighted by Crippen LogP contribution is 2.49. The first-order chi connectivity index (χ1) is 14.2. The smallest absolute Gasteiger partial charge is 0.314 e. The number of carboxylic acids is 1. The van der Waals surface area contributed by atoms with Gasteiger partial charge in [-0.25, -0.2) is 4.39 Å². The molecule has 30 heavy (non-hydrogen) atoms. The summed E-state index contributed by atoms with van der Waals surface area (Å²) in [6, 6.07) is 8.59. The number of halogens is 2. The van der Waals surface area contributed by atoms with Crippen LogP contribution in [0.5, 0.6) is 5.75 Å². The number of phenolic OH excluding ortho intramolecular Hbond substituents is 1. The van der Waals surface area contributed by atoms with Gasteiger partial charge in [0, 0.05) is 27.7 Å². The number of rotatable bonds is 4. The van der Waals surface area contributed by atoms with E-state index in [1.807, 2.05) is 0 Å². The van der Waals surface area contributed by atoms with E-state index in [1.54, 1.807) is 38.1 Å². The molecule has 0 saturated heterocycles. The van der Waals surface area contributed by atoms with E-state index in [0.717, 1.165) is 25.3 Å². The molecule has 2 aromatic carbocycles. The van der Waals surface area contributed by atoms with Crippen molar-refractivity contribution in [2.24, 2.45) is 5.92 Å². The monoisotopic (exact) mass is 429 g/mol. The molecule has 0 spiro atoms. The fraction of sp³-hybridized carbons (Fsp3) is 0.304. The Labute approximate surface area is 177 Å². The molecule has 1 aliphatic rings. The number of aliphatic carboxylic acids is 1. The maximum atomic E-state index is 14.3. The summed E-state index contributed by atoms with van der Waals surface area (Å²) in [4.78, 5) is 25.8. The summed E-state index contributed by atoms with van der Waals surface area (Å²) in [5.74, 6) is -2.99. The van der Waals surface area contributed by atoms with Gasteiger partial charge in [-0.1, -0.05) is 18.0 Å². The van der Waals surface area contributed by atoms with Crippen LogP contribution in [-0.4, -0.2) is 26.7 Å². The number of hydrogen-bond acceptors (Lipinski definition) is 3. The SMILES string of the molecule is Cc1c([C@](C)(C(=O)O)C2CCC2)c2cc(O)c(F)cc2n1C(=O)c1ccc(Cl)cc1. The van der Waals surface area contributed by atoms with E-state index in [-0.39, 0.29) is 11.4 Å². The van der Waals surface area contributed by atoms with Crippen LogP contribution in [0.25, 0.3) is 10.9 Å². The quantitative estimate of drug-likeness (QED) is 0.591. The maximum absolute atomic E-state index is 14.3. The summed E-state index contributed by atoms with van der Waals surface area (Å²) in [5, 5.41) is 21.0. The number of fused-ring (bicyclic) bond motifs is 1. The number of aromatic nitrogens is 1. The van der Waals surface area contributed by atoms with Gasteiger partial charge in [-0.2, -0.15) is 0 Å². The van der Waals surface area contributed by atoms with Gasteiger partial charge >= 0.3 is 5.97 Å². The zero-order chi connectivity index (χ0) is 21.8. The average Bonchev–Trinajstić information content (AvgIpc) is 2.91. The number of carbonyl (C=O) groups is 2. The van der Waals surface area contributed by atoms with Crippen molar-refractivity contribution in [2.75, 3.05) is 0 Å². The number of benzene rings is 2. The van der Waals surface area contributed by atoms with Crippen LogP contribution < -0.4 is 0 Å². The van der Waals surface area contributed by atoms with Crippen molar-refractivity contribution in [3.05, 3.63) is 64.1 Å². The van der Waals surface area contributed by atoms with Crippen LogP contribution in [0, 0.1) is 18.7 Å². The molecule has 1 atom stereocenters. The zero-order valence-electron chi connectivity index (χ0n) is 16.6. The molecule has 1 saturated carbocycles. The lowest BCUT2D eigenvalue weighted by molar-refractivity contribution is -0.146. The fourth-order valence-electron chi connectivity index (χ4n) is 4.53. The van der Waals surface area contributed by atoms with Crippen molar-refractivity contribution in [3.63, 3.8) is 0 Å². The molecule has 1 aromatic heterocycles. The van der Waals surface area contributed by atoms with Crippen molar-refractivity contribution < 1.29 is 24.2 Å². The van der Waals surface area contributed by atoms with Crippen LogP contribution in [0.15, 0.2) is 36.4 Å². The van der Waals surface area contributed by atoms with Gasteiger partial charge < -0.3 is 10.2 Å². The summed E-state index contributed by atoms with van der Waals surface area (Å²) in [7, 11) is 0. The lowest BCUT2D eigenvalue weighted by atomic mass is 9.62. The second-order valence-corrected chi connectivity index (χ2v) is 8.50. The minimum Gasteiger partial charge on any atom is -0.505 e. The first-order valence-electron chi connectivity index (χ1n) is 9.74. The Hall–Kier alpha value is -2.86. The molecule has 1 fully saturated rings. The van der Waals surface area contributed by atoms with Crippen LogP contribution in [0.1, 0.15) is 47.8 Å². The maximum Gasteiger partial charge on any atom is 0.314 e. The normalized spacial score (nSPS) is 16.3. The average molecular weight is 430 g/mol. The predicted octanol–water partition coefficient (Wildman–Crippen LogP) is 5.28. The molecule has 3 aromatic rings. The lowest BCUT2D eigenvalue weighted by Gasteiger charge is -2.40. The minimum absolute atomic E-state index is 0.106. The summed E-state index contributed by atoms with van der Waals surface area (Å²) in [5.41, 5.74) is 0.153.